The quantitative estimate of drug-likeness (QED) is 0.751. The van der Waals surface area contributed by atoms with Gasteiger partial charge in [0.25, 0.3) is 5.91 Å². The van der Waals surface area contributed by atoms with Crippen LogP contribution in [0, 0.1) is 6.92 Å². The molecular formula is C20H26N2O4S. The summed E-state index contributed by atoms with van der Waals surface area (Å²) < 4.78 is 16.4. The van der Waals surface area contributed by atoms with Crippen LogP contribution in [0.25, 0.3) is 0 Å². The average Bonchev–Trinajstić information content (AvgIpc) is 3.22. The monoisotopic (exact) mass is 390 g/mol. The number of hydrogen-bond donors (Lipinski definition) is 1. The van der Waals surface area contributed by atoms with Gasteiger partial charge in [0.2, 0.25) is 0 Å². The molecule has 1 amide bonds. The number of benzene rings is 1. The summed E-state index contributed by atoms with van der Waals surface area (Å²) in [6, 6.07) is 7.91. The number of methoxy groups -OCH3 is 1. The lowest BCUT2D eigenvalue weighted by Crippen LogP contribution is -2.44. The zero-order valence-corrected chi connectivity index (χ0v) is 16.6. The molecule has 1 saturated heterocycles. The first kappa shape index (κ1) is 19.7. The summed E-state index contributed by atoms with van der Waals surface area (Å²) in [6.07, 6.45) is 0. The normalized spacial score (nSPS) is 15.9. The number of nitrogens with one attached hydrogen (secondary N) is 1. The van der Waals surface area contributed by atoms with E-state index in [2.05, 4.69) is 27.0 Å². The minimum Gasteiger partial charge on any atom is -0.493 e. The fourth-order valence-corrected chi connectivity index (χ4v) is 3.82. The summed E-state index contributed by atoms with van der Waals surface area (Å²) in [5, 5.41) is 7.21. The molecule has 2 heterocycles. The molecule has 0 aliphatic carbocycles. The van der Waals surface area contributed by atoms with Crippen molar-refractivity contribution in [3.63, 3.8) is 0 Å². The Morgan fingerprint density at radius 2 is 2.11 bits per heavy atom. The highest BCUT2D eigenvalue weighted by Gasteiger charge is 2.23. The lowest BCUT2D eigenvalue weighted by atomic mass is 10.1. The van der Waals surface area contributed by atoms with Gasteiger partial charge in [-0.3, -0.25) is 9.69 Å². The van der Waals surface area contributed by atoms with Gasteiger partial charge in [-0.05, 0) is 47.0 Å². The van der Waals surface area contributed by atoms with Crippen molar-refractivity contribution in [3.8, 4) is 11.5 Å². The molecule has 7 heteroatoms. The molecule has 3 rings (SSSR count). The lowest BCUT2D eigenvalue weighted by molar-refractivity contribution is -0.123. The van der Waals surface area contributed by atoms with Crippen LogP contribution in [0.2, 0.25) is 0 Å². The highest BCUT2D eigenvalue weighted by Crippen LogP contribution is 2.27. The molecule has 6 nitrogen and oxygen atoms in total. The summed E-state index contributed by atoms with van der Waals surface area (Å²) in [6.45, 7) is 5.68. The number of carbonyl (C=O) groups is 1. The number of aryl methyl sites for hydroxylation is 1. The van der Waals surface area contributed by atoms with Crippen molar-refractivity contribution in [1.82, 2.24) is 10.2 Å². The number of morpholine rings is 1. The maximum atomic E-state index is 12.3. The zero-order chi connectivity index (χ0) is 19.1. The maximum absolute atomic E-state index is 12.3. The van der Waals surface area contributed by atoms with Crippen LogP contribution in [-0.4, -0.2) is 57.4 Å². The highest BCUT2D eigenvalue weighted by atomic mass is 32.1. The van der Waals surface area contributed by atoms with E-state index < -0.39 is 0 Å². The van der Waals surface area contributed by atoms with E-state index in [4.69, 9.17) is 14.2 Å². The fourth-order valence-electron chi connectivity index (χ4n) is 3.11. The van der Waals surface area contributed by atoms with E-state index in [1.807, 2.05) is 25.1 Å². The third-order valence-corrected chi connectivity index (χ3v) is 5.29. The minimum absolute atomic E-state index is 0.0428. The van der Waals surface area contributed by atoms with E-state index in [0.29, 0.717) is 18.0 Å². The van der Waals surface area contributed by atoms with Crippen LogP contribution in [-0.2, 0) is 9.53 Å². The van der Waals surface area contributed by atoms with Crippen molar-refractivity contribution in [2.75, 3.05) is 46.6 Å². The van der Waals surface area contributed by atoms with Gasteiger partial charge in [0.05, 0.1) is 26.4 Å². The smallest absolute Gasteiger partial charge is 0.258 e. The Hall–Kier alpha value is -2.09. The number of ether oxygens (including phenoxy) is 3. The van der Waals surface area contributed by atoms with Crippen molar-refractivity contribution in [2.24, 2.45) is 0 Å². The molecule has 1 aromatic heterocycles. The van der Waals surface area contributed by atoms with Crippen molar-refractivity contribution in [3.05, 3.63) is 46.2 Å². The number of rotatable bonds is 8. The molecule has 0 saturated carbocycles. The third-order valence-electron chi connectivity index (χ3n) is 4.58. The molecule has 0 radical (unpaired) electrons. The summed E-state index contributed by atoms with van der Waals surface area (Å²) in [4.78, 5) is 14.7. The number of carbonyl (C=O) groups excluding carboxylic acids is 1. The molecule has 1 atom stereocenters. The Morgan fingerprint density at radius 3 is 2.81 bits per heavy atom. The van der Waals surface area contributed by atoms with Gasteiger partial charge in [-0.25, -0.2) is 0 Å². The van der Waals surface area contributed by atoms with Gasteiger partial charge in [0.1, 0.15) is 0 Å². The van der Waals surface area contributed by atoms with Crippen LogP contribution < -0.4 is 14.8 Å². The van der Waals surface area contributed by atoms with Crippen LogP contribution in [0.4, 0.5) is 0 Å². The minimum atomic E-state index is -0.147. The molecule has 27 heavy (non-hydrogen) atoms. The van der Waals surface area contributed by atoms with Gasteiger partial charge in [-0.15, -0.1) is 0 Å². The van der Waals surface area contributed by atoms with Crippen molar-refractivity contribution in [1.29, 1.82) is 0 Å². The van der Waals surface area contributed by atoms with Crippen molar-refractivity contribution < 1.29 is 19.0 Å². The lowest BCUT2D eigenvalue weighted by Gasteiger charge is -2.34. The predicted octanol–water partition coefficient (Wildman–Crippen LogP) is 2.63. The van der Waals surface area contributed by atoms with E-state index in [0.717, 1.165) is 31.9 Å². The van der Waals surface area contributed by atoms with Gasteiger partial charge in [-0.2, -0.15) is 11.3 Å². The molecule has 1 aliphatic rings. The summed E-state index contributed by atoms with van der Waals surface area (Å²) in [5.74, 6) is 1.05. The first-order chi connectivity index (χ1) is 13.2. The summed E-state index contributed by atoms with van der Waals surface area (Å²) >= 11 is 1.67. The maximum Gasteiger partial charge on any atom is 0.258 e. The Morgan fingerprint density at radius 1 is 1.30 bits per heavy atom. The second kappa shape index (κ2) is 9.73. The second-order valence-electron chi connectivity index (χ2n) is 6.47. The standard InChI is InChI=1S/C20H26N2O4S/c1-15-3-4-18(19(11-15)24-2)26-13-20(23)21-12-17(16-5-10-27-14-16)22-6-8-25-9-7-22/h3-5,10-11,14,17H,6-9,12-13H2,1-2H3,(H,21,23). The number of thiophene rings is 1. The summed E-state index contributed by atoms with van der Waals surface area (Å²) in [7, 11) is 1.59. The average molecular weight is 391 g/mol. The Bertz CT molecular complexity index is 730. The molecule has 0 bridgehead atoms. The molecular weight excluding hydrogens is 364 g/mol. The number of nitrogens with zero attached hydrogens (tertiary/aromatic N) is 1. The van der Waals surface area contributed by atoms with Crippen LogP contribution in [0.15, 0.2) is 35.0 Å². The largest absolute Gasteiger partial charge is 0.493 e. The first-order valence-electron chi connectivity index (χ1n) is 9.05. The van der Waals surface area contributed by atoms with E-state index in [1.165, 1.54) is 5.56 Å². The molecule has 1 N–H and O–H groups in total. The number of amides is 1. The van der Waals surface area contributed by atoms with Crippen LogP contribution in [0.5, 0.6) is 11.5 Å². The third kappa shape index (κ3) is 5.45. The Balaban J connectivity index is 1.55. The number of hydrogen-bond acceptors (Lipinski definition) is 6. The molecule has 146 valence electrons. The molecule has 2 aromatic rings. The second-order valence-corrected chi connectivity index (χ2v) is 7.25. The van der Waals surface area contributed by atoms with Crippen LogP contribution in [0.1, 0.15) is 17.2 Å². The van der Waals surface area contributed by atoms with Gasteiger partial charge < -0.3 is 19.5 Å². The van der Waals surface area contributed by atoms with Crippen LogP contribution >= 0.6 is 11.3 Å². The first-order valence-corrected chi connectivity index (χ1v) is 9.99. The molecule has 0 spiro atoms. The van der Waals surface area contributed by atoms with E-state index in [-0.39, 0.29) is 18.6 Å². The van der Waals surface area contributed by atoms with Gasteiger partial charge in [0, 0.05) is 19.6 Å². The molecule has 1 aliphatic heterocycles. The topological polar surface area (TPSA) is 60.0 Å². The SMILES string of the molecule is COc1cc(C)ccc1OCC(=O)NCC(c1ccsc1)N1CCOCC1. The van der Waals surface area contributed by atoms with Crippen molar-refractivity contribution >= 4 is 17.2 Å². The molecule has 1 unspecified atom stereocenters. The van der Waals surface area contributed by atoms with Crippen molar-refractivity contribution in [2.45, 2.75) is 13.0 Å². The molecule has 1 aromatic carbocycles. The van der Waals surface area contributed by atoms with Gasteiger partial charge in [-0.1, -0.05) is 6.07 Å². The Labute approximate surface area is 164 Å². The summed E-state index contributed by atoms with van der Waals surface area (Å²) in [5.41, 5.74) is 2.30. The molecule has 1 fully saturated rings. The van der Waals surface area contributed by atoms with Gasteiger partial charge in [0.15, 0.2) is 18.1 Å². The van der Waals surface area contributed by atoms with E-state index in [1.54, 1.807) is 18.4 Å². The Kier molecular flexibility index (Phi) is 7.09. The zero-order valence-electron chi connectivity index (χ0n) is 15.8. The highest BCUT2D eigenvalue weighted by molar-refractivity contribution is 7.07. The van der Waals surface area contributed by atoms with Gasteiger partial charge >= 0.3 is 0 Å². The van der Waals surface area contributed by atoms with Crippen LogP contribution in [0.3, 0.4) is 0 Å². The van der Waals surface area contributed by atoms with E-state index in [9.17, 15) is 4.79 Å². The fraction of sp³-hybridized carbons (Fsp3) is 0.450. The predicted molar refractivity (Wildman–Crippen MR) is 106 cm³/mol. The van der Waals surface area contributed by atoms with E-state index >= 15 is 0 Å².